The van der Waals surface area contributed by atoms with Crippen molar-refractivity contribution < 1.29 is 24.0 Å². The third-order valence-electron chi connectivity index (χ3n) is 3.15. The molecule has 0 atom stereocenters. The first-order chi connectivity index (χ1) is 12.5. The minimum absolute atomic E-state index is 0.0483. The molecular formula is C17H16N2O6S. The molecule has 0 saturated heterocycles. The van der Waals surface area contributed by atoms with E-state index in [0.29, 0.717) is 5.69 Å². The Morgan fingerprint density at radius 2 is 1.81 bits per heavy atom. The summed E-state index contributed by atoms with van der Waals surface area (Å²) in [6.45, 7) is -1.03. The second kappa shape index (κ2) is 9.42. The van der Waals surface area contributed by atoms with Gasteiger partial charge in [-0.1, -0.05) is 24.3 Å². The summed E-state index contributed by atoms with van der Waals surface area (Å²) >= 11 is 1.47. The number of anilines is 1. The third kappa shape index (κ3) is 5.49. The molecule has 0 aliphatic rings. The molecule has 9 heteroatoms. The number of nitro groups is 1. The fourth-order valence-electron chi connectivity index (χ4n) is 1.99. The van der Waals surface area contributed by atoms with Crippen molar-refractivity contribution in [2.75, 3.05) is 24.8 Å². The van der Waals surface area contributed by atoms with Gasteiger partial charge in [0.1, 0.15) is 0 Å². The number of esters is 1. The van der Waals surface area contributed by atoms with E-state index in [2.05, 4.69) is 5.32 Å². The Balaban J connectivity index is 1.82. The van der Waals surface area contributed by atoms with E-state index >= 15 is 0 Å². The van der Waals surface area contributed by atoms with Gasteiger partial charge < -0.3 is 14.8 Å². The van der Waals surface area contributed by atoms with Crippen molar-refractivity contribution in [2.24, 2.45) is 0 Å². The van der Waals surface area contributed by atoms with Crippen LogP contribution in [0.4, 0.5) is 11.4 Å². The number of nitrogens with zero attached hydrogens (tertiary/aromatic N) is 1. The zero-order chi connectivity index (χ0) is 18.9. The van der Waals surface area contributed by atoms with Crippen molar-refractivity contribution in [3.63, 3.8) is 0 Å². The molecule has 2 aromatic carbocycles. The van der Waals surface area contributed by atoms with E-state index in [0.717, 1.165) is 4.90 Å². The van der Waals surface area contributed by atoms with E-state index < -0.39 is 30.0 Å². The van der Waals surface area contributed by atoms with Gasteiger partial charge in [-0.3, -0.25) is 14.9 Å². The van der Waals surface area contributed by atoms with Crippen LogP contribution in [0.1, 0.15) is 0 Å². The molecule has 1 amide bonds. The van der Waals surface area contributed by atoms with Gasteiger partial charge in [0.05, 0.1) is 10.6 Å². The molecule has 0 fully saturated rings. The molecule has 0 heterocycles. The molecule has 26 heavy (non-hydrogen) atoms. The summed E-state index contributed by atoms with van der Waals surface area (Å²) in [6, 6.07) is 12.9. The molecule has 1 N–H and O–H groups in total. The first-order valence-corrected chi connectivity index (χ1v) is 8.68. The summed E-state index contributed by atoms with van der Waals surface area (Å²) in [5, 5.41) is 13.5. The summed E-state index contributed by atoms with van der Waals surface area (Å²) in [5.74, 6) is -1.35. The molecular weight excluding hydrogens is 360 g/mol. The molecule has 0 aliphatic carbocycles. The number of carbonyl (C=O) groups is 2. The predicted molar refractivity (Wildman–Crippen MR) is 96.4 cm³/mol. The fraction of sp³-hybridized carbons (Fsp3) is 0.176. The van der Waals surface area contributed by atoms with Crippen molar-refractivity contribution in [1.82, 2.24) is 0 Å². The first kappa shape index (κ1) is 19.3. The maximum Gasteiger partial charge on any atom is 0.344 e. The Kier molecular flexibility index (Phi) is 6.98. The van der Waals surface area contributed by atoms with Crippen molar-refractivity contribution >= 4 is 35.0 Å². The summed E-state index contributed by atoms with van der Waals surface area (Å²) in [4.78, 5) is 34.7. The van der Waals surface area contributed by atoms with E-state index in [9.17, 15) is 19.7 Å². The van der Waals surface area contributed by atoms with Crippen LogP contribution in [-0.4, -0.2) is 36.3 Å². The lowest BCUT2D eigenvalue weighted by Crippen LogP contribution is -2.24. The van der Waals surface area contributed by atoms with Crippen LogP contribution in [0.15, 0.2) is 53.4 Å². The topological polar surface area (TPSA) is 108 Å². The third-order valence-corrected chi connectivity index (χ3v) is 3.95. The van der Waals surface area contributed by atoms with Crippen LogP contribution in [0.3, 0.4) is 0 Å². The van der Waals surface area contributed by atoms with Crippen molar-refractivity contribution in [2.45, 2.75) is 4.90 Å². The fourth-order valence-corrected chi connectivity index (χ4v) is 2.54. The summed E-state index contributed by atoms with van der Waals surface area (Å²) in [6.07, 6.45) is 1.88. The molecule has 0 aliphatic heterocycles. The molecule has 8 nitrogen and oxygen atoms in total. The highest BCUT2D eigenvalue weighted by Crippen LogP contribution is 2.26. The van der Waals surface area contributed by atoms with Crippen molar-refractivity contribution in [1.29, 1.82) is 0 Å². The number of para-hydroxylation sites is 3. The number of hydrogen-bond acceptors (Lipinski definition) is 7. The average Bonchev–Trinajstić information content (AvgIpc) is 2.65. The van der Waals surface area contributed by atoms with Crippen LogP contribution in [0, 0.1) is 10.1 Å². The Bertz CT molecular complexity index is 811. The Morgan fingerprint density at radius 1 is 1.12 bits per heavy atom. The molecule has 0 aromatic heterocycles. The van der Waals surface area contributed by atoms with Crippen molar-refractivity contribution in [3.05, 3.63) is 58.6 Å². The van der Waals surface area contributed by atoms with Gasteiger partial charge in [-0.15, -0.1) is 11.8 Å². The van der Waals surface area contributed by atoms with E-state index in [-0.39, 0.29) is 11.4 Å². The largest absolute Gasteiger partial charge is 0.475 e. The number of hydrogen-bond donors (Lipinski definition) is 1. The van der Waals surface area contributed by atoms with Crippen LogP contribution in [-0.2, 0) is 14.3 Å². The first-order valence-electron chi connectivity index (χ1n) is 7.46. The number of benzene rings is 2. The molecule has 136 valence electrons. The van der Waals surface area contributed by atoms with Crippen LogP contribution in [0.25, 0.3) is 0 Å². The van der Waals surface area contributed by atoms with Crippen LogP contribution in [0.2, 0.25) is 0 Å². The molecule has 0 radical (unpaired) electrons. The van der Waals surface area contributed by atoms with Gasteiger partial charge in [-0.25, -0.2) is 4.79 Å². The number of thioether (sulfide) groups is 1. The number of amides is 1. The number of rotatable bonds is 8. The lowest BCUT2D eigenvalue weighted by atomic mass is 10.3. The van der Waals surface area contributed by atoms with Gasteiger partial charge in [0.25, 0.3) is 5.91 Å². The highest BCUT2D eigenvalue weighted by Gasteiger charge is 2.16. The second-order valence-corrected chi connectivity index (χ2v) is 5.77. The standard InChI is InChI=1S/C17H16N2O6S/c1-26-15-9-5-2-6-12(15)18-16(20)10-25-17(21)11-24-14-8-4-3-7-13(14)19(22)23/h2-9H,10-11H2,1H3,(H,18,20). The predicted octanol–water partition coefficient (Wildman–Crippen LogP) is 2.88. The van der Waals surface area contributed by atoms with Crippen LogP contribution >= 0.6 is 11.8 Å². The Morgan fingerprint density at radius 3 is 2.54 bits per heavy atom. The quantitative estimate of drug-likeness (QED) is 0.327. The minimum Gasteiger partial charge on any atom is -0.475 e. The smallest absolute Gasteiger partial charge is 0.344 e. The second-order valence-electron chi connectivity index (χ2n) is 4.92. The highest BCUT2D eigenvalue weighted by molar-refractivity contribution is 7.98. The summed E-state index contributed by atoms with van der Waals surface area (Å²) in [5.41, 5.74) is 0.365. The average molecular weight is 376 g/mol. The highest BCUT2D eigenvalue weighted by atomic mass is 32.2. The number of nitro benzene ring substituents is 1. The monoisotopic (exact) mass is 376 g/mol. The van der Waals surface area contributed by atoms with Gasteiger partial charge in [-0.2, -0.15) is 0 Å². The molecule has 0 spiro atoms. The summed E-state index contributed by atoms with van der Waals surface area (Å²) in [7, 11) is 0. The van der Waals surface area contributed by atoms with Gasteiger partial charge in [-0.05, 0) is 24.5 Å². The van der Waals surface area contributed by atoms with E-state index in [1.54, 1.807) is 18.2 Å². The van der Waals surface area contributed by atoms with Gasteiger partial charge in [0.15, 0.2) is 19.0 Å². The zero-order valence-corrected chi connectivity index (χ0v) is 14.7. The summed E-state index contributed by atoms with van der Waals surface area (Å²) < 4.78 is 9.92. The van der Waals surface area contributed by atoms with Crippen LogP contribution < -0.4 is 10.1 Å². The molecule has 0 unspecified atom stereocenters. The SMILES string of the molecule is CSc1ccccc1NC(=O)COC(=O)COc1ccccc1[N+](=O)[O-]. The minimum atomic E-state index is -0.809. The molecule has 2 aromatic rings. The Labute approximate surface area is 153 Å². The Hall–Kier alpha value is -3.07. The molecule has 2 rings (SSSR count). The van der Waals surface area contributed by atoms with Crippen LogP contribution in [0.5, 0.6) is 5.75 Å². The maximum absolute atomic E-state index is 11.9. The molecule has 0 saturated carbocycles. The lowest BCUT2D eigenvalue weighted by molar-refractivity contribution is -0.385. The normalized spacial score (nSPS) is 10.0. The van der Waals surface area contributed by atoms with E-state index in [1.807, 2.05) is 18.4 Å². The van der Waals surface area contributed by atoms with E-state index in [1.165, 1.54) is 30.0 Å². The van der Waals surface area contributed by atoms with Gasteiger partial charge in [0, 0.05) is 11.0 Å². The van der Waals surface area contributed by atoms with Crippen molar-refractivity contribution in [3.8, 4) is 5.75 Å². The number of ether oxygens (including phenoxy) is 2. The van der Waals surface area contributed by atoms with E-state index in [4.69, 9.17) is 9.47 Å². The zero-order valence-electron chi connectivity index (χ0n) is 13.8. The lowest BCUT2D eigenvalue weighted by Gasteiger charge is -2.10. The van der Waals surface area contributed by atoms with Gasteiger partial charge >= 0.3 is 11.7 Å². The maximum atomic E-state index is 11.9. The number of nitrogens with one attached hydrogen (secondary N) is 1. The number of carbonyl (C=O) groups excluding carboxylic acids is 2. The molecule has 0 bridgehead atoms. The van der Waals surface area contributed by atoms with Gasteiger partial charge in [0.2, 0.25) is 0 Å².